The highest BCUT2D eigenvalue weighted by Crippen LogP contribution is 2.17. The fourth-order valence-corrected chi connectivity index (χ4v) is 2.42. The summed E-state index contributed by atoms with van der Waals surface area (Å²) in [6.45, 7) is 9.33. The molecule has 1 aliphatic carbocycles. The van der Waals surface area contributed by atoms with Gasteiger partial charge in [0.15, 0.2) is 0 Å². The highest BCUT2D eigenvalue weighted by atomic mass is 15.1. The summed E-state index contributed by atoms with van der Waals surface area (Å²) in [5.41, 5.74) is 0. The molecule has 0 amide bonds. The molecule has 96 valence electrons. The van der Waals surface area contributed by atoms with Crippen molar-refractivity contribution in [2.45, 2.75) is 65.0 Å². The molecule has 2 heteroatoms. The van der Waals surface area contributed by atoms with Crippen molar-refractivity contribution in [3.05, 3.63) is 0 Å². The Kier molecular flexibility index (Phi) is 6.37. The van der Waals surface area contributed by atoms with E-state index in [0.717, 1.165) is 18.5 Å². The summed E-state index contributed by atoms with van der Waals surface area (Å²) >= 11 is 0. The van der Waals surface area contributed by atoms with Crippen molar-refractivity contribution in [3.63, 3.8) is 0 Å². The molecule has 1 aliphatic rings. The lowest BCUT2D eigenvalue weighted by Gasteiger charge is -2.28. The molecule has 2 nitrogen and oxygen atoms in total. The van der Waals surface area contributed by atoms with Crippen LogP contribution in [0.1, 0.15) is 52.9 Å². The summed E-state index contributed by atoms with van der Waals surface area (Å²) in [4.78, 5) is 2.50. The van der Waals surface area contributed by atoms with E-state index in [1.54, 1.807) is 0 Å². The van der Waals surface area contributed by atoms with Gasteiger partial charge in [-0.1, -0.05) is 33.1 Å². The Bertz CT molecular complexity index is 176. The molecule has 2 unspecified atom stereocenters. The minimum atomic E-state index is 0.662. The average molecular weight is 226 g/mol. The van der Waals surface area contributed by atoms with Gasteiger partial charge in [-0.05, 0) is 32.7 Å². The predicted molar refractivity (Wildman–Crippen MR) is 71.8 cm³/mol. The third-order valence-electron chi connectivity index (χ3n) is 4.11. The second kappa shape index (κ2) is 7.29. The van der Waals surface area contributed by atoms with Crippen molar-refractivity contribution < 1.29 is 0 Å². The van der Waals surface area contributed by atoms with E-state index < -0.39 is 0 Å². The summed E-state index contributed by atoms with van der Waals surface area (Å²) in [6, 6.07) is 1.47. The molecule has 16 heavy (non-hydrogen) atoms. The molecule has 1 rings (SSSR count). The summed E-state index contributed by atoms with van der Waals surface area (Å²) in [5, 5.41) is 3.71. The molecule has 1 N–H and O–H groups in total. The summed E-state index contributed by atoms with van der Waals surface area (Å²) < 4.78 is 0. The van der Waals surface area contributed by atoms with Crippen molar-refractivity contribution in [2.75, 3.05) is 20.1 Å². The quantitative estimate of drug-likeness (QED) is 0.718. The van der Waals surface area contributed by atoms with Crippen LogP contribution in [-0.2, 0) is 0 Å². The average Bonchev–Trinajstić information content (AvgIpc) is 2.78. The standard InChI is InChI=1S/C14H30N2/c1-5-12(2)11-16(4)13(3)10-15-14-8-6-7-9-14/h12-15H,5-11H2,1-4H3. The van der Waals surface area contributed by atoms with Gasteiger partial charge in [0.05, 0.1) is 0 Å². The van der Waals surface area contributed by atoms with E-state index in [2.05, 4.69) is 38.0 Å². The van der Waals surface area contributed by atoms with Crippen LogP contribution in [0.2, 0.25) is 0 Å². The normalized spacial score (nSPS) is 21.6. The lowest BCUT2D eigenvalue weighted by atomic mass is 10.1. The largest absolute Gasteiger partial charge is 0.312 e. The smallest absolute Gasteiger partial charge is 0.0189 e. The van der Waals surface area contributed by atoms with Crippen LogP contribution in [-0.4, -0.2) is 37.1 Å². The number of rotatable bonds is 7. The molecule has 0 heterocycles. The van der Waals surface area contributed by atoms with E-state index in [1.165, 1.54) is 38.6 Å². The van der Waals surface area contributed by atoms with Gasteiger partial charge in [0.1, 0.15) is 0 Å². The Balaban J connectivity index is 2.14. The Morgan fingerprint density at radius 1 is 1.25 bits per heavy atom. The molecular weight excluding hydrogens is 196 g/mol. The molecule has 2 atom stereocenters. The minimum Gasteiger partial charge on any atom is -0.312 e. The van der Waals surface area contributed by atoms with E-state index in [4.69, 9.17) is 0 Å². The molecule has 0 aromatic rings. The number of hydrogen-bond donors (Lipinski definition) is 1. The van der Waals surface area contributed by atoms with Crippen molar-refractivity contribution in [2.24, 2.45) is 5.92 Å². The lowest BCUT2D eigenvalue weighted by Crippen LogP contribution is -2.42. The van der Waals surface area contributed by atoms with Gasteiger partial charge in [-0.15, -0.1) is 0 Å². The van der Waals surface area contributed by atoms with E-state index >= 15 is 0 Å². The molecule has 0 spiro atoms. The molecule has 1 fully saturated rings. The van der Waals surface area contributed by atoms with Crippen LogP contribution in [0.15, 0.2) is 0 Å². The molecule has 1 saturated carbocycles. The molecule has 0 aromatic carbocycles. The van der Waals surface area contributed by atoms with Crippen LogP contribution in [0.5, 0.6) is 0 Å². The van der Waals surface area contributed by atoms with Gasteiger partial charge >= 0.3 is 0 Å². The monoisotopic (exact) mass is 226 g/mol. The number of hydrogen-bond acceptors (Lipinski definition) is 2. The van der Waals surface area contributed by atoms with Gasteiger partial charge in [0, 0.05) is 25.2 Å². The van der Waals surface area contributed by atoms with Crippen LogP contribution in [0.4, 0.5) is 0 Å². The Morgan fingerprint density at radius 2 is 1.88 bits per heavy atom. The SMILES string of the molecule is CCC(C)CN(C)C(C)CNC1CCCC1. The van der Waals surface area contributed by atoms with Gasteiger partial charge in [0.2, 0.25) is 0 Å². The van der Waals surface area contributed by atoms with Crippen LogP contribution in [0.25, 0.3) is 0 Å². The highest BCUT2D eigenvalue weighted by molar-refractivity contribution is 4.76. The molecule has 0 bridgehead atoms. The molecule has 0 aromatic heterocycles. The van der Waals surface area contributed by atoms with Gasteiger partial charge in [-0.25, -0.2) is 0 Å². The first-order chi connectivity index (χ1) is 7.63. The van der Waals surface area contributed by atoms with Crippen LogP contribution in [0.3, 0.4) is 0 Å². The molecule has 0 saturated heterocycles. The van der Waals surface area contributed by atoms with E-state index in [-0.39, 0.29) is 0 Å². The Hall–Kier alpha value is -0.0800. The maximum atomic E-state index is 3.71. The fourth-order valence-electron chi connectivity index (χ4n) is 2.42. The van der Waals surface area contributed by atoms with Crippen molar-refractivity contribution >= 4 is 0 Å². The Morgan fingerprint density at radius 3 is 2.44 bits per heavy atom. The third-order valence-corrected chi connectivity index (χ3v) is 4.11. The van der Waals surface area contributed by atoms with Crippen molar-refractivity contribution in [3.8, 4) is 0 Å². The molecule has 0 radical (unpaired) electrons. The van der Waals surface area contributed by atoms with Gasteiger partial charge in [-0.2, -0.15) is 0 Å². The topological polar surface area (TPSA) is 15.3 Å². The van der Waals surface area contributed by atoms with E-state index in [1.807, 2.05) is 0 Å². The van der Waals surface area contributed by atoms with E-state index in [0.29, 0.717) is 6.04 Å². The maximum Gasteiger partial charge on any atom is 0.0189 e. The predicted octanol–water partition coefficient (Wildman–Crippen LogP) is 2.89. The van der Waals surface area contributed by atoms with Crippen LogP contribution < -0.4 is 5.32 Å². The second-order valence-corrected chi connectivity index (χ2v) is 5.69. The zero-order valence-electron chi connectivity index (χ0n) is 11.6. The lowest BCUT2D eigenvalue weighted by molar-refractivity contribution is 0.213. The first-order valence-electron chi connectivity index (χ1n) is 7.07. The number of nitrogens with one attached hydrogen (secondary N) is 1. The molecule has 0 aliphatic heterocycles. The van der Waals surface area contributed by atoms with Gasteiger partial charge in [-0.3, -0.25) is 0 Å². The number of likely N-dealkylation sites (N-methyl/N-ethyl adjacent to an activating group) is 1. The number of nitrogens with zero attached hydrogens (tertiary/aromatic N) is 1. The van der Waals surface area contributed by atoms with Crippen molar-refractivity contribution in [1.29, 1.82) is 0 Å². The summed E-state index contributed by atoms with van der Waals surface area (Å²) in [6.07, 6.45) is 6.92. The van der Waals surface area contributed by atoms with Crippen LogP contribution in [0, 0.1) is 5.92 Å². The van der Waals surface area contributed by atoms with Gasteiger partial charge in [0.25, 0.3) is 0 Å². The van der Waals surface area contributed by atoms with E-state index in [9.17, 15) is 0 Å². The van der Waals surface area contributed by atoms with Crippen molar-refractivity contribution in [1.82, 2.24) is 10.2 Å². The zero-order chi connectivity index (χ0) is 12.0. The first-order valence-corrected chi connectivity index (χ1v) is 7.07. The second-order valence-electron chi connectivity index (χ2n) is 5.69. The van der Waals surface area contributed by atoms with Gasteiger partial charge < -0.3 is 10.2 Å². The third kappa shape index (κ3) is 4.84. The maximum absolute atomic E-state index is 3.71. The summed E-state index contributed by atoms with van der Waals surface area (Å²) in [5.74, 6) is 0.818. The zero-order valence-corrected chi connectivity index (χ0v) is 11.6. The minimum absolute atomic E-state index is 0.662. The molecular formula is C14H30N2. The fraction of sp³-hybridized carbons (Fsp3) is 1.00. The van der Waals surface area contributed by atoms with Crippen LogP contribution >= 0.6 is 0 Å². The first kappa shape index (κ1) is 14.0. The highest BCUT2D eigenvalue weighted by Gasteiger charge is 2.17. The summed E-state index contributed by atoms with van der Waals surface area (Å²) in [7, 11) is 2.26. The Labute approximate surface area is 102 Å².